The van der Waals surface area contributed by atoms with Crippen LogP contribution in [0.5, 0.6) is 0 Å². The second-order valence-corrected chi connectivity index (χ2v) is 6.83. The number of aryl methyl sites for hydroxylation is 1. The van der Waals surface area contributed by atoms with Crippen LogP contribution in [0.4, 0.5) is 0 Å². The van der Waals surface area contributed by atoms with E-state index in [9.17, 15) is 13.2 Å². The first kappa shape index (κ1) is 16.0. The minimum Gasteiger partial charge on any atom is -0.475 e. The molecule has 0 aromatic carbocycles. The molecule has 118 valence electrons. The molecule has 0 saturated carbocycles. The molecular formula is C13H19NO6S. The Morgan fingerprint density at radius 1 is 1.57 bits per heavy atom. The number of ether oxygens (including phenoxy) is 1. The fraction of sp³-hybridized carbons (Fsp3) is 0.615. The van der Waals surface area contributed by atoms with Crippen molar-refractivity contribution in [3.05, 3.63) is 17.6 Å². The number of hydrogen-bond acceptors (Lipinski definition) is 5. The Balaban J connectivity index is 2.27. The number of nitrogens with zero attached hydrogens (tertiary/aromatic N) is 1. The van der Waals surface area contributed by atoms with Crippen molar-refractivity contribution in [3.63, 3.8) is 0 Å². The molecule has 0 spiro atoms. The van der Waals surface area contributed by atoms with Gasteiger partial charge in [-0.2, -0.15) is 4.31 Å². The molecule has 1 fully saturated rings. The number of aromatic carboxylic acids is 1. The van der Waals surface area contributed by atoms with Crippen molar-refractivity contribution in [3.8, 4) is 0 Å². The molecule has 1 N–H and O–H groups in total. The number of piperidine rings is 1. The molecule has 0 radical (unpaired) electrons. The van der Waals surface area contributed by atoms with Gasteiger partial charge in [-0.25, -0.2) is 13.2 Å². The van der Waals surface area contributed by atoms with Gasteiger partial charge < -0.3 is 14.3 Å². The molecule has 1 saturated heterocycles. The van der Waals surface area contributed by atoms with Gasteiger partial charge in [-0.05, 0) is 26.7 Å². The topological polar surface area (TPSA) is 97.0 Å². The first-order valence-electron chi connectivity index (χ1n) is 6.81. The lowest BCUT2D eigenvalue weighted by Gasteiger charge is -2.31. The molecule has 2 heterocycles. The van der Waals surface area contributed by atoms with Crippen LogP contribution in [0.1, 0.15) is 36.1 Å². The Morgan fingerprint density at radius 2 is 2.29 bits per heavy atom. The fourth-order valence-corrected chi connectivity index (χ4v) is 4.13. The van der Waals surface area contributed by atoms with Crippen LogP contribution >= 0.6 is 0 Å². The van der Waals surface area contributed by atoms with Crippen LogP contribution in [-0.2, 0) is 14.8 Å². The molecule has 1 atom stereocenters. The third-order valence-corrected chi connectivity index (χ3v) is 5.42. The largest absolute Gasteiger partial charge is 0.475 e. The molecule has 0 bridgehead atoms. The quantitative estimate of drug-likeness (QED) is 0.883. The van der Waals surface area contributed by atoms with E-state index in [-0.39, 0.29) is 29.1 Å². The predicted octanol–water partition coefficient (Wildman–Crippen LogP) is 1.48. The van der Waals surface area contributed by atoms with Crippen molar-refractivity contribution in [2.75, 3.05) is 19.7 Å². The summed E-state index contributed by atoms with van der Waals surface area (Å²) in [6.45, 7) is 4.53. The lowest BCUT2D eigenvalue weighted by Crippen LogP contribution is -2.43. The van der Waals surface area contributed by atoms with E-state index in [2.05, 4.69) is 0 Å². The third-order valence-electron chi connectivity index (χ3n) is 3.44. The van der Waals surface area contributed by atoms with E-state index in [1.54, 1.807) is 0 Å². The van der Waals surface area contributed by atoms with Gasteiger partial charge in [0.05, 0.1) is 6.10 Å². The van der Waals surface area contributed by atoms with E-state index in [1.165, 1.54) is 11.2 Å². The van der Waals surface area contributed by atoms with Gasteiger partial charge in [-0.15, -0.1) is 0 Å². The van der Waals surface area contributed by atoms with Gasteiger partial charge in [0.2, 0.25) is 15.8 Å². The molecule has 0 amide bonds. The highest BCUT2D eigenvalue weighted by molar-refractivity contribution is 7.89. The molecule has 1 unspecified atom stereocenters. The van der Waals surface area contributed by atoms with E-state index in [0.29, 0.717) is 19.6 Å². The fourth-order valence-electron chi connectivity index (χ4n) is 2.46. The van der Waals surface area contributed by atoms with Gasteiger partial charge in [0, 0.05) is 25.8 Å². The van der Waals surface area contributed by atoms with Crippen LogP contribution in [0.15, 0.2) is 15.4 Å². The Labute approximate surface area is 123 Å². The molecule has 8 heteroatoms. The highest BCUT2D eigenvalue weighted by Gasteiger charge is 2.33. The molecule has 7 nitrogen and oxygen atoms in total. The average molecular weight is 317 g/mol. The number of carbonyl (C=O) groups is 1. The molecule has 1 aliphatic rings. The Kier molecular flexibility index (Phi) is 4.70. The van der Waals surface area contributed by atoms with Crippen molar-refractivity contribution in [2.45, 2.75) is 37.7 Å². The molecule has 21 heavy (non-hydrogen) atoms. The molecule has 1 aromatic heterocycles. The number of sulfonamides is 1. The molecule has 1 aliphatic heterocycles. The predicted molar refractivity (Wildman–Crippen MR) is 73.8 cm³/mol. The normalized spacial score (nSPS) is 20.6. The molecular weight excluding hydrogens is 298 g/mol. The third kappa shape index (κ3) is 3.28. The van der Waals surface area contributed by atoms with E-state index in [1.807, 2.05) is 6.92 Å². The van der Waals surface area contributed by atoms with Gasteiger partial charge in [-0.3, -0.25) is 0 Å². The standard InChI is InChI=1S/C13H19NO6S/c1-3-19-10-5-4-6-14(8-10)21(17,18)12-7-11(13(15)16)20-9(12)2/h7,10H,3-6,8H2,1-2H3,(H,15,16). The average Bonchev–Trinajstić information content (AvgIpc) is 2.82. The number of rotatable bonds is 5. The number of carboxylic acids is 1. The molecule has 1 aromatic rings. The number of carboxylic acid groups (broad SMARTS) is 1. The van der Waals surface area contributed by atoms with Gasteiger partial charge in [-0.1, -0.05) is 0 Å². The lowest BCUT2D eigenvalue weighted by molar-refractivity contribution is 0.0265. The summed E-state index contributed by atoms with van der Waals surface area (Å²) in [5.41, 5.74) is 0. The first-order valence-corrected chi connectivity index (χ1v) is 8.25. The first-order chi connectivity index (χ1) is 9.86. The van der Waals surface area contributed by atoms with Crippen molar-refractivity contribution in [2.24, 2.45) is 0 Å². The summed E-state index contributed by atoms with van der Waals surface area (Å²) < 4.78 is 37.0. The molecule has 2 rings (SSSR count). The van der Waals surface area contributed by atoms with Gasteiger partial charge in [0.25, 0.3) is 0 Å². The minimum atomic E-state index is -3.76. The van der Waals surface area contributed by atoms with Gasteiger partial charge in [0.1, 0.15) is 10.7 Å². The zero-order valence-electron chi connectivity index (χ0n) is 12.0. The number of hydrogen-bond donors (Lipinski definition) is 1. The summed E-state index contributed by atoms with van der Waals surface area (Å²) in [7, 11) is -3.76. The smallest absolute Gasteiger partial charge is 0.371 e. The van der Waals surface area contributed by atoms with E-state index >= 15 is 0 Å². The second-order valence-electron chi connectivity index (χ2n) is 4.92. The minimum absolute atomic E-state index is 0.0861. The van der Waals surface area contributed by atoms with E-state index < -0.39 is 16.0 Å². The van der Waals surface area contributed by atoms with Crippen LogP contribution in [0.25, 0.3) is 0 Å². The van der Waals surface area contributed by atoms with Crippen LogP contribution in [0, 0.1) is 6.92 Å². The monoisotopic (exact) mass is 317 g/mol. The highest BCUT2D eigenvalue weighted by Crippen LogP contribution is 2.26. The summed E-state index contributed by atoms with van der Waals surface area (Å²) in [6.07, 6.45) is 1.42. The van der Waals surface area contributed by atoms with Gasteiger partial charge in [0.15, 0.2) is 0 Å². The second kappa shape index (κ2) is 6.17. The Hall–Kier alpha value is -1.38. The molecule has 0 aliphatic carbocycles. The SMILES string of the molecule is CCOC1CCCN(S(=O)(=O)c2cc(C(=O)O)oc2C)C1. The van der Waals surface area contributed by atoms with E-state index in [4.69, 9.17) is 14.3 Å². The zero-order chi connectivity index (χ0) is 15.6. The summed E-state index contributed by atoms with van der Waals surface area (Å²) in [4.78, 5) is 10.8. The summed E-state index contributed by atoms with van der Waals surface area (Å²) in [5, 5.41) is 8.89. The summed E-state index contributed by atoms with van der Waals surface area (Å²) >= 11 is 0. The van der Waals surface area contributed by atoms with Crippen LogP contribution in [0.2, 0.25) is 0 Å². The number of furan rings is 1. The maximum atomic E-state index is 12.6. The summed E-state index contributed by atoms with van der Waals surface area (Å²) in [5.74, 6) is -1.57. The highest BCUT2D eigenvalue weighted by atomic mass is 32.2. The van der Waals surface area contributed by atoms with Gasteiger partial charge >= 0.3 is 5.97 Å². The zero-order valence-corrected chi connectivity index (χ0v) is 12.9. The van der Waals surface area contributed by atoms with E-state index in [0.717, 1.165) is 12.5 Å². The maximum absolute atomic E-state index is 12.6. The summed E-state index contributed by atoms with van der Waals surface area (Å²) in [6, 6.07) is 1.07. The Bertz CT molecular complexity index is 619. The van der Waals surface area contributed by atoms with Crippen LogP contribution < -0.4 is 0 Å². The Morgan fingerprint density at radius 3 is 2.86 bits per heavy atom. The van der Waals surface area contributed by atoms with Crippen molar-refractivity contribution in [1.29, 1.82) is 0 Å². The lowest BCUT2D eigenvalue weighted by atomic mass is 10.1. The van der Waals surface area contributed by atoms with Crippen LogP contribution in [-0.4, -0.2) is 49.6 Å². The maximum Gasteiger partial charge on any atom is 0.371 e. The van der Waals surface area contributed by atoms with Crippen molar-refractivity contribution < 1.29 is 27.5 Å². The van der Waals surface area contributed by atoms with Crippen molar-refractivity contribution >= 4 is 16.0 Å². The van der Waals surface area contributed by atoms with Crippen LogP contribution in [0.3, 0.4) is 0 Å². The van der Waals surface area contributed by atoms with Crippen molar-refractivity contribution in [1.82, 2.24) is 4.31 Å².